The van der Waals surface area contributed by atoms with Crippen LogP contribution >= 0.6 is 0 Å². The Morgan fingerprint density at radius 2 is 2.13 bits per heavy atom. The molecule has 122 valence electrons. The molecule has 23 heavy (non-hydrogen) atoms. The van der Waals surface area contributed by atoms with E-state index in [-0.39, 0.29) is 11.7 Å². The molecule has 0 aliphatic rings. The van der Waals surface area contributed by atoms with Crippen LogP contribution in [0.25, 0.3) is 10.8 Å². The van der Waals surface area contributed by atoms with Gasteiger partial charge in [0.25, 0.3) is 5.69 Å². The summed E-state index contributed by atoms with van der Waals surface area (Å²) < 4.78 is 4.58. The van der Waals surface area contributed by atoms with E-state index in [1.807, 2.05) is 6.07 Å². The van der Waals surface area contributed by atoms with E-state index in [1.54, 1.807) is 18.3 Å². The van der Waals surface area contributed by atoms with Crippen molar-refractivity contribution in [3.8, 4) is 0 Å². The lowest BCUT2D eigenvalue weighted by atomic mass is 10.1. The average molecular weight is 317 g/mol. The molecular formula is C16H19N3O4. The summed E-state index contributed by atoms with van der Waals surface area (Å²) in [7, 11) is 1.38. The third-order valence-corrected chi connectivity index (χ3v) is 3.54. The van der Waals surface area contributed by atoms with Crippen LogP contribution in [0, 0.1) is 10.1 Å². The minimum atomic E-state index is -0.397. The van der Waals surface area contributed by atoms with Crippen LogP contribution in [0.5, 0.6) is 0 Å². The zero-order valence-electron chi connectivity index (χ0n) is 12.9. The number of ether oxygens (including phenoxy) is 1. The smallest absolute Gasteiger partial charge is 0.305 e. The van der Waals surface area contributed by atoms with Crippen molar-refractivity contribution in [1.82, 2.24) is 4.98 Å². The maximum atomic E-state index is 11.2. The highest BCUT2D eigenvalue weighted by atomic mass is 16.6. The van der Waals surface area contributed by atoms with Crippen LogP contribution in [-0.4, -0.2) is 29.5 Å². The van der Waals surface area contributed by atoms with Crippen molar-refractivity contribution in [3.05, 3.63) is 40.6 Å². The molecule has 0 aliphatic carbocycles. The van der Waals surface area contributed by atoms with Gasteiger partial charge in [-0.1, -0.05) is 18.6 Å². The fourth-order valence-corrected chi connectivity index (χ4v) is 2.38. The van der Waals surface area contributed by atoms with Crippen LogP contribution in [0.15, 0.2) is 30.5 Å². The molecule has 7 nitrogen and oxygen atoms in total. The molecule has 2 aromatic rings. The van der Waals surface area contributed by atoms with Gasteiger partial charge in [-0.2, -0.15) is 0 Å². The largest absolute Gasteiger partial charge is 0.469 e. The highest BCUT2D eigenvalue weighted by Gasteiger charge is 2.15. The quantitative estimate of drug-likeness (QED) is 0.347. The summed E-state index contributed by atoms with van der Waals surface area (Å²) in [4.78, 5) is 26.0. The molecule has 0 saturated heterocycles. The molecular weight excluding hydrogens is 298 g/mol. The Balaban J connectivity index is 1.98. The molecule has 2 rings (SSSR count). The van der Waals surface area contributed by atoms with E-state index in [0.29, 0.717) is 24.2 Å². The number of non-ortho nitro benzene ring substituents is 1. The minimum absolute atomic E-state index is 0.0452. The molecule has 0 amide bonds. The average Bonchev–Trinajstić information content (AvgIpc) is 2.57. The van der Waals surface area contributed by atoms with Gasteiger partial charge in [0.15, 0.2) is 0 Å². The molecule has 0 saturated carbocycles. The second-order valence-electron chi connectivity index (χ2n) is 5.11. The summed E-state index contributed by atoms with van der Waals surface area (Å²) >= 11 is 0. The maximum absolute atomic E-state index is 11.2. The second-order valence-corrected chi connectivity index (χ2v) is 5.11. The minimum Gasteiger partial charge on any atom is -0.469 e. The molecule has 1 N–H and O–H groups in total. The summed E-state index contributed by atoms with van der Waals surface area (Å²) in [6, 6.07) is 6.72. The Hall–Kier alpha value is -2.70. The highest BCUT2D eigenvalue weighted by molar-refractivity contribution is 5.98. The number of pyridine rings is 1. The first-order valence-electron chi connectivity index (χ1n) is 7.46. The fourth-order valence-electron chi connectivity index (χ4n) is 2.38. The fraction of sp³-hybridized carbons (Fsp3) is 0.375. The number of carbonyl (C=O) groups excluding carboxylic acids is 1. The van der Waals surface area contributed by atoms with E-state index < -0.39 is 4.92 Å². The van der Waals surface area contributed by atoms with Crippen LogP contribution in [0.4, 0.5) is 11.5 Å². The number of fused-ring (bicyclic) bond motifs is 1. The van der Waals surface area contributed by atoms with Gasteiger partial charge in [-0.3, -0.25) is 14.9 Å². The molecule has 0 radical (unpaired) electrons. The van der Waals surface area contributed by atoms with Gasteiger partial charge in [0, 0.05) is 25.2 Å². The Morgan fingerprint density at radius 1 is 1.30 bits per heavy atom. The number of nitro benzene ring substituents is 1. The van der Waals surface area contributed by atoms with Crippen molar-refractivity contribution in [1.29, 1.82) is 0 Å². The third kappa shape index (κ3) is 4.38. The molecule has 0 spiro atoms. The Kier molecular flexibility index (Phi) is 5.85. The summed E-state index contributed by atoms with van der Waals surface area (Å²) in [5.41, 5.74) is 0.0452. The van der Waals surface area contributed by atoms with Gasteiger partial charge in [-0.05, 0) is 24.3 Å². The molecule has 7 heteroatoms. The maximum Gasteiger partial charge on any atom is 0.305 e. The third-order valence-electron chi connectivity index (χ3n) is 3.54. The summed E-state index contributed by atoms with van der Waals surface area (Å²) in [6.45, 7) is 0.638. The summed E-state index contributed by atoms with van der Waals surface area (Å²) in [5.74, 6) is 0.312. The number of rotatable bonds is 8. The van der Waals surface area contributed by atoms with Gasteiger partial charge >= 0.3 is 5.97 Å². The number of esters is 1. The molecule has 1 aromatic carbocycles. The number of benzene rings is 1. The molecule has 0 aliphatic heterocycles. The number of nitrogens with one attached hydrogen (secondary N) is 1. The van der Waals surface area contributed by atoms with Crippen molar-refractivity contribution in [3.63, 3.8) is 0 Å². The van der Waals surface area contributed by atoms with Gasteiger partial charge in [0.2, 0.25) is 0 Å². The number of methoxy groups -OCH3 is 1. The highest BCUT2D eigenvalue weighted by Crippen LogP contribution is 2.30. The second kappa shape index (κ2) is 8.07. The van der Waals surface area contributed by atoms with Crippen LogP contribution in [0.2, 0.25) is 0 Å². The lowest BCUT2D eigenvalue weighted by molar-refractivity contribution is -0.383. The first-order valence-corrected chi connectivity index (χ1v) is 7.46. The van der Waals surface area contributed by atoms with Crippen LogP contribution < -0.4 is 5.32 Å². The molecule has 0 atom stereocenters. The number of nitro groups is 1. The number of anilines is 1. The van der Waals surface area contributed by atoms with Crippen molar-refractivity contribution in [2.24, 2.45) is 0 Å². The van der Waals surface area contributed by atoms with Crippen molar-refractivity contribution in [2.45, 2.75) is 25.7 Å². The van der Waals surface area contributed by atoms with E-state index in [1.165, 1.54) is 13.2 Å². The predicted octanol–water partition coefficient (Wildman–Crippen LogP) is 3.29. The molecule has 0 unspecified atom stereocenters. The number of unbranched alkanes of at least 4 members (excludes halogenated alkanes) is 2. The van der Waals surface area contributed by atoms with Gasteiger partial charge in [-0.15, -0.1) is 0 Å². The van der Waals surface area contributed by atoms with Gasteiger partial charge < -0.3 is 10.1 Å². The Labute approximate surface area is 133 Å². The molecule has 1 aromatic heterocycles. The van der Waals surface area contributed by atoms with Crippen LogP contribution in [-0.2, 0) is 9.53 Å². The van der Waals surface area contributed by atoms with Crippen LogP contribution in [0.1, 0.15) is 25.7 Å². The van der Waals surface area contributed by atoms with E-state index in [2.05, 4.69) is 15.0 Å². The predicted molar refractivity (Wildman–Crippen MR) is 87.4 cm³/mol. The van der Waals surface area contributed by atoms with Gasteiger partial charge in [0.05, 0.1) is 12.0 Å². The molecule has 0 bridgehead atoms. The number of aromatic nitrogens is 1. The van der Waals surface area contributed by atoms with E-state index in [9.17, 15) is 14.9 Å². The first-order chi connectivity index (χ1) is 11.1. The zero-order valence-corrected chi connectivity index (χ0v) is 12.9. The monoisotopic (exact) mass is 317 g/mol. The standard InChI is InChI=1S/C16H19N3O4/c1-23-14(20)8-3-2-4-10-17-16-15-12(9-11-18-16)6-5-7-13(15)19(21)22/h5-7,9,11H,2-4,8,10H2,1H3,(H,17,18). The molecule has 1 heterocycles. The first kappa shape index (κ1) is 16.7. The number of hydrogen-bond acceptors (Lipinski definition) is 6. The van der Waals surface area contributed by atoms with E-state index in [4.69, 9.17) is 0 Å². The lowest BCUT2D eigenvalue weighted by Gasteiger charge is -2.09. The summed E-state index contributed by atoms with van der Waals surface area (Å²) in [5, 5.41) is 15.6. The van der Waals surface area contributed by atoms with Gasteiger partial charge in [-0.25, -0.2) is 4.98 Å². The number of carbonyl (C=O) groups is 1. The van der Waals surface area contributed by atoms with Crippen LogP contribution in [0.3, 0.4) is 0 Å². The van der Waals surface area contributed by atoms with E-state index in [0.717, 1.165) is 24.6 Å². The topological polar surface area (TPSA) is 94.4 Å². The Bertz CT molecular complexity index is 698. The van der Waals surface area contributed by atoms with Crippen molar-refractivity contribution >= 4 is 28.2 Å². The normalized spacial score (nSPS) is 10.5. The van der Waals surface area contributed by atoms with E-state index >= 15 is 0 Å². The van der Waals surface area contributed by atoms with Crippen molar-refractivity contribution in [2.75, 3.05) is 19.0 Å². The van der Waals surface area contributed by atoms with Crippen molar-refractivity contribution < 1.29 is 14.5 Å². The zero-order chi connectivity index (χ0) is 16.7. The van der Waals surface area contributed by atoms with Gasteiger partial charge in [0.1, 0.15) is 11.2 Å². The summed E-state index contributed by atoms with van der Waals surface area (Å²) in [6.07, 6.45) is 4.52. The number of nitrogens with zero attached hydrogens (tertiary/aromatic N) is 2. The number of hydrogen-bond donors (Lipinski definition) is 1. The Morgan fingerprint density at radius 3 is 2.87 bits per heavy atom. The lowest BCUT2D eigenvalue weighted by Crippen LogP contribution is -2.05. The SMILES string of the molecule is COC(=O)CCCCCNc1nccc2cccc([N+](=O)[O-])c12. The molecule has 0 fully saturated rings.